The van der Waals surface area contributed by atoms with Crippen LogP contribution in [0.15, 0.2) is 109 Å². The van der Waals surface area contributed by atoms with Crippen molar-refractivity contribution in [2.45, 2.75) is 13.8 Å². The summed E-state index contributed by atoms with van der Waals surface area (Å²) < 4.78 is 0. The number of hydrogen-bond donors (Lipinski definition) is 0. The Hall–Kier alpha value is -3.66. The molecule has 0 saturated carbocycles. The van der Waals surface area contributed by atoms with Crippen LogP contribution >= 0.6 is 0 Å². The zero-order valence-electron chi connectivity index (χ0n) is 19.4. The monoisotopic (exact) mass is 426 g/mol. The summed E-state index contributed by atoms with van der Waals surface area (Å²) >= 11 is 0. The summed E-state index contributed by atoms with van der Waals surface area (Å²) in [5.74, 6) is 1.50. The molecule has 0 aliphatic heterocycles. The van der Waals surface area contributed by atoms with Gasteiger partial charge in [-0.25, -0.2) is 9.98 Å². The fraction of sp³-hybridized carbons (Fsp3) is 0.214. The van der Waals surface area contributed by atoms with Gasteiger partial charge in [0, 0.05) is 26.2 Å². The molecule has 0 heterocycles. The molecule has 2 rings (SSSR count). The molecule has 0 bridgehead atoms. The van der Waals surface area contributed by atoms with Gasteiger partial charge in [0.2, 0.25) is 0 Å². The predicted molar refractivity (Wildman–Crippen MR) is 140 cm³/mol. The Balaban J connectivity index is 2.74. The first kappa shape index (κ1) is 24.6. The van der Waals surface area contributed by atoms with Gasteiger partial charge in [-0.05, 0) is 38.1 Å². The Bertz CT molecular complexity index is 864. The maximum Gasteiger partial charge on any atom is 0.173 e. The largest absolute Gasteiger partial charge is 0.346 e. The second-order valence-electron chi connectivity index (χ2n) is 7.51. The highest BCUT2D eigenvalue weighted by atomic mass is 15.3. The van der Waals surface area contributed by atoms with Crippen molar-refractivity contribution < 1.29 is 0 Å². The van der Waals surface area contributed by atoms with E-state index in [1.54, 1.807) is 0 Å². The van der Waals surface area contributed by atoms with E-state index in [0.29, 0.717) is 26.2 Å². The Kier molecular flexibility index (Phi) is 9.92. The number of amidine groups is 2. The van der Waals surface area contributed by atoms with E-state index in [-0.39, 0.29) is 0 Å². The number of rotatable bonds is 10. The molecule has 0 radical (unpaired) electrons. The van der Waals surface area contributed by atoms with Crippen molar-refractivity contribution in [3.05, 3.63) is 110 Å². The van der Waals surface area contributed by atoms with Crippen molar-refractivity contribution >= 4 is 23.0 Å². The van der Waals surface area contributed by atoms with Crippen LogP contribution in [0, 0.1) is 13.8 Å². The smallest absolute Gasteiger partial charge is 0.173 e. The third-order valence-electron chi connectivity index (χ3n) is 4.73. The minimum atomic E-state index is 0.611. The lowest BCUT2D eigenvalue weighted by Crippen LogP contribution is -2.46. The van der Waals surface area contributed by atoms with Gasteiger partial charge in [0.25, 0.3) is 0 Å². The number of aliphatic imine (C=N–C) groups is 2. The fourth-order valence-electron chi connectivity index (χ4n) is 3.13. The molecule has 0 saturated heterocycles. The third-order valence-corrected chi connectivity index (χ3v) is 4.73. The molecule has 0 fully saturated rings. The van der Waals surface area contributed by atoms with Crippen molar-refractivity contribution in [1.29, 1.82) is 0 Å². The first-order valence-electron chi connectivity index (χ1n) is 10.8. The van der Waals surface area contributed by atoms with Crippen LogP contribution in [0.2, 0.25) is 0 Å². The lowest BCUT2D eigenvalue weighted by Gasteiger charge is -2.31. The number of aryl methyl sites for hydroxylation is 2. The normalized spacial score (nSPS) is 11.6. The van der Waals surface area contributed by atoms with Gasteiger partial charge < -0.3 is 9.80 Å². The Labute approximate surface area is 193 Å². The Morgan fingerprint density at radius 3 is 1.12 bits per heavy atom. The van der Waals surface area contributed by atoms with E-state index in [1.165, 1.54) is 11.1 Å². The number of nitrogens with zero attached hydrogens (tertiary/aromatic N) is 4. The summed E-state index contributed by atoms with van der Waals surface area (Å²) in [6, 6.07) is 16.3. The van der Waals surface area contributed by atoms with Crippen molar-refractivity contribution in [3.8, 4) is 0 Å². The summed E-state index contributed by atoms with van der Waals surface area (Å²) in [5, 5.41) is 0. The van der Waals surface area contributed by atoms with Crippen molar-refractivity contribution in [3.63, 3.8) is 0 Å². The second kappa shape index (κ2) is 12.9. The molecular formula is C28H34N4. The van der Waals surface area contributed by atoms with Crippen molar-refractivity contribution in [2.75, 3.05) is 26.2 Å². The maximum atomic E-state index is 5.04. The molecule has 0 atom stereocenters. The highest BCUT2D eigenvalue weighted by molar-refractivity contribution is 6.41. The SMILES string of the molecule is C=CCN(CC=C)C(=Nc1ccc(C)cc1)C(=Nc1ccc(C)cc1)N(CC=C)CC=C. The molecule has 0 aliphatic carbocycles. The maximum absolute atomic E-state index is 5.04. The van der Waals surface area contributed by atoms with Gasteiger partial charge in [-0.1, -0.05) is 59.7 Å². The van der Waals surface area contributed by atoms with Crippen LogP contribution < -0.4 is 0 Å². The van der Waals surface area contributed by atoms with Gasteiger partial charge in [0.15, 0.2) is 11.7 Å². The van der Waals surface area contributed by atoms with E-state index in [1.807, 2.05) is 48.6 Å². The van der Waals surface area contributed by atoms with Crippen molar-refractivity contribution in [2.24, 2.45) is 9.98 Å². The van der Waals surface area contributed by atoms with Crippen LogP contribution in [0.5, 0.6) is 0 Å². The van der Waals surface area contributed by atoms with Crippen LogP contribution in [0.4, 0.5) is 11.4 Å². The van der Waals surface area contributed by atoms with Gasteiger partial charge in [0.05, 0.1) is 11.4 Å². The van der Waals surface area contributed by atoms with Gasteiger partial charge in [0.1, 0.15) is 0 Å². The number of benzene rings is 2. The summed E-state index contributed by atoms with van der Waals surface area (Å²) in [6.45, 7) is 22.3. The molecule has 2 aromatic carbocycles. The molecule has 0 unspecified atom stereocenters. The minimum Gasteiger partial charge on any atom is -0.346 e. The zero-order chi connectivity index (χ0) is 23.3. The quantitative estimate of drug-likeness (QED) is 0.250. The van der Waals surface area contributed by atoms with E-state index in [4.69, 9.17) is 9.98 Å². The van der Waals surface area contributed by atoms with Gasteiger partial charge in [-0.3, -0.25) is 0 Å². The first-order chi connectivity index (χ1) is 15.5. The summed E-state index contributed by atoms with van der Waals surface area (Å²) in [4.78, 5) is 14.3. The molecule has 4 nitrogen and oxygen atoms in total. The van der Waals surface area contributed by atoms with E-state index in [9.17, 15) is 0 Å². The highest BCUT2D eigenvalue weighted by Crippen LogP contribution is 2.19. The van der Waals surface area contributed by atoms with E-state index >= 15 is 0 Å². The number of hydrogen-bond acceptors (Lipinski definition) is 2. The summed E-state index contributed by atoms with van der Waals surface area (Å²) in [6.07, 6.45) is 7.46. The molecule has 0 aliphatic rings. The van der Waals surface area contributed by atoms with Crippen LogP contribution in [0.1, 0.15) is 11.1 Å². The lowest BCUT2D eigenvalue weighted by atomic mass is 10.2. The van der Waals surface area contributed by atoms with Gasteiger partial charge in [-0.15, -0.1) is 26.3 Å². The summed E-state index contributed by atoms with van der Waals surface area (Å²) in [7, 11) is 0. The average molecular weight is 427 g/mol. The third kappa shape index (κ3) is 7.24. The lowest BCUT2D eigenvalue weighted by molar-refractivity contribution is 0.486. The Morgan fingerprint density at radius 2 is 0.875 bits per heavy atom. The van der Waals surface area contributed by atoms with Gasteiger partial charge >= 0.3 is 0 Å². The molecule has 0 amide bonds. The fourth-order valence-corrected chi connectivity index (χ4v) is 3.13. The van der Waals surface area contributed by atoms with E-state index < -0.39 is 0 Å². The molecule has 0 N–H and O–H groups in total. The van der Waals surface area contributed by atoms with Crippen LogP contribution in [-0.4, -0.2) is 47.7 Å². The highest BCUT2D eigenvalue weighted by Gasteiger charge is 2.22. The van der Waals surface area contributed by atoms with Crippen LogP contribution in [0.25, 0.3) is 0 Å². The minimum absolute atomic E-state index is 0.611. The van der Waals surface area contributed by atoms with E-state index in [0.717, 1.165) is 23.0 Å². The average Bonchev–Trinajstić information content (AvgIpc) is 2.78. The second-order valence-corrected chi connectivity index (χ2v) is 7.51. The molecule has 4 heteroatoms. The standard InChI is InChI=1S/C28H34N4/c1-7-19-31(20-8-2)27(29-25-15-11-23(5)12-16-25)28(32(21-9-3)22-10-4)30-26-17-13-24(6)14-18-26/h7-18H,1-4,19-22H2,5-6H3. The van der Waals surface area contributed by atoms with Crippen LogP contribution in [-0.2, 0) is 0 Å². The van der Waals surface area contributed by atoms with Crippen molar-refractivity contribution in [1.82, 2.24) is 9.80 Å². The predicted octanol–water partition coefficient (Wildman–Crippen LogP) is 6.41. The summed E-state index contributed by atoms with van der Waals surface area (Å²) in [5.41, 5.74) is 4.09. The first-order valence-corrected chi connectivity index (χ1v) is 10.8. The molecule has 166 valence electrons. The molecule has 32 heavy (non-hydrogen) atoms. The topological polar surface area (TPSA) is 31.2 Å². The van der Waals surface area contributed by atoms with Gasteiger partial charge in [-0.2, -0.15) is 0 Å². The molecular weight excluding hydrogens is 392 g/mol. The molecule has 2 aromatic rings. The molecule has 0 aromatic heterocycles. The zero-order valence-corrected chi connectivity index (χ0v) is 19.4. The van der Waals surface area contributed by atoms with E-state index in [2.05, 4.69) is 74.2 Å². The van der Waals surface area contributed by atoms with Crippen LogP contribution in [0.3, 0.4) is 0 Å². The molecule has 0 spiro atoms. The Morgan fingerprint density at radius 1 is 0.594 bits per heavy atom.